The first kappa shape index (κ1) is 15.8. The van der Waals surface area contributed by atoms with Gasteiger partial charge < -0.3 is 16.3 Å². The van der Waals surface area contributed by atoms with Crippen LogP contribution in [0.2, 0.25) is 0 Å². The normalized spacial score (nSPS) is 21.2. The summed E-state index contributed by atoms with van der Waals surface area (Å²) < 4.78 is 0. The molecule has 19 heavy (non-hydrogen) atoms. The maximum absolute atomic E-state index is 12.2. The van der Waals surface area contributed by atoms with Crippen LogP contribution < -0.4 is 11.1 Å². The van der Waals surface area contributed by atoms with Crippen molar-refractivity contribution in [2.75, 3.05) is 0 Å². The fourth-order valence-electron chi connectivity index (χ4n) is 2.42. The van der Waals surface area contributed by atoms with Gasteiger partial charge in [-0.05, 0) is 24.2 Å². The second-order valence-electron chi connectivity index (χ2n) is 6.79. The molecule has 4 N–H and O–H groups in total. The van der Waals surface area contributed by atoms with Crippen LogP contribution in [0.1, 0.15) is 59.8 Å². The van der Waals surface area contributed by atoms with E-state index >= 15 is 0 Å². The molecule has 5 nitrogen and oxygen atoms in total. The Bertz CT molecular complexity index is 352. The maximum Gasteiger partial charge on any atom is 0.221 e. The van der Waals surface area contributed by atoms with Gasteiger partial charge in [0.25, 0.3) is 0 Å². The Morgan fingerprint density at radius 3 is 2.37 bits per heavy atom. The smallest absolute Gasteiger partial charge is 0.221 e. The summed E-state index contributed by atoms with van der Waals surface area (Å²) in [5.41, 5.74) is 5.22. The average Bonchev–Trinajstić information content (AvgIpc) is 2.76. The predicted octanol–water partition coefficient (Wildman–Crippen LogP) is 2.23. The lowest BCUT2D eigenvalue weighted by Gasteiger charge is -2.31. The Balaban J connectivity index is 2.69. The van der Waals surface area contributed by atoms with Gasteiger partial charge in [-0.1, -0.05) is 45.7 Å². The maximum atomic E-state index is 12.2. The molecule has 0 aromatic rings. The summed E-state index contributed by atoms with van der Waals surface area (Å²) in [5.74, 6) is 0.385. The molecular formula is C14H27N3O2. The van der Waals surface area contributed by atoms with Gasteiger partial charge >= 0.3 is 0 Å². The molecule has 1 atom stereocenters. The van der Waals surface area contributed by atoms with E-state index in [0.29, 0.717) is 6.42 Å². The van der Waals surface area contributed by atoms with Crippen LogP contribution in [0.5, 0.6) is 0 Å². The minimum Gasteiger partial charge on any atom is -0.409 e. The Kier molecular flexibility index (Phi) is 4.82. The summed E-state index contributed by atoms with van der Waals surface area (Å²) in [5, 5.41) is 15.0. The Labute approximate surface area is 115 Å². The molecule has 1 saturated carbocycles. The van der Waals surface area contributed by atoms with E-state index in [1.54, 1.807) is 0 Å². The van der Waals surface area contributed by atoms with Gasteiger partial charge in [0.2, 0.25) is 5.91 Å². The third-order valence-corrected chi connectivity index (χ3v) is 4.40. The Morgan fingerprint density at radius 1 is 1.42 bits per heavy atom. The van der Waals surface area contributed by atoms with Crippen molar-refractivity contribution in [2.24, 2.45) is 22.2 Å². The topological polar surface area (TPSA) is 87.7 Å². The summed E-state index contributed by atoms with van der Waals surface area (Å²) in [4.78, 5) is 12.2. The van der Waals surface area contributed by atoms with Crippen LogP contribution in [0.25, 0.3) is 0 Å². The first-order valence-corrected chi connectivity index (χ1v) is 7.00. The predicted molar refractivity (Wildman–Crippen MR) is 76.0 cm³/mol. The second kappa shape index (κ2) is 5.80. The summed E-state index contributed by atoms with van der Waals surface area (Å²) in [7, 11) is 0. The number of oxime groups is 1. The van der Waals surface area contributed by atoms with Gasteiger partial charge in [-0.15, -0.1) is 0 Å². The monoisotopic (exact) mass is 269 g/mol. The molecule has 1 aliphatic carbocycles. The van der Waals surface area contributed by atoms with Crippen molar-refractivity contribution >= 4 is 11.7 Å². The molecule has 0 saturated heterocycles. The van der Waals surface area contributed by atoms with Crippen LogP contribution in [0.15, 0.2) is 5.16 Å². The zero-order chi connectivity index (χ0) is 14.7. The second-order valence-corrected chi connectivity index (χ2v) is 6.79. The molecule has 0 aromatic heterocycles. The number of carbonyl (C=O) groups excluding carboxylic acids is 1. The molecule has 5 heteroatoms. The van der Waals surface area contributed by atoms with Crippen LogP contribution in [0, 0.1) is 11.3 Å². The highest BCUT2D eigenvalue weighted by molar-refractivity contribution is 5.94. The zero-order valence-corrected chi connectivity index (χ0v) is 12.5. The molecule has 0 heterocycles. The molecule has 0 aliphatic heterocycles. The van der Waals surface area contributed by atoms with E-state index < -0.39 is 5.54 Å². The third-order valence-electron chi connectivity index (χ3n) is 4.40. The number of nitrogens with two attached hydrogens (primary N) is 1. The summed E-state index contributed by atoms with van der Waals surface area (Å²) in [6, 6.07) is 0. The van der Waals surface area contributed by atoms with Crippen molar-refractivity contribution in [3.05, 3.63) is 0 Å². The van der Waals surface area contributed by atoms with Crippen molar-refractivity contribution in [2.45, 2.75) is 65.3 Å². The molecule has 1 fully saturated rings. The van der Waals surface area contributed by atoms with Crippen LogP contribution in [0.3, 0.4) is 0 Å². The van der Waals surface area contributed by atoms with Crippen molar-refractivity contribution in [3.63, 3.8) is 0 Å². The number of amides is 1. The standard InChI is InChI=1S/C14H27N3O2/c1-10(13(2,3)4)9-11(18)16-14(12(15)17-19)7-5-6-8-14/h10,19H,5-9H2,1-4H3,(H2,15,17)(H,16,18). The highest BCUT2D eigenvalue weighted by Gasteiger charge is 2.40. The molecule has 1 rings (SSSR count). The third kappa shape index (κ3) is 3.85. The lowest BCUT2D eigenvalue weighted by Crippen LogP contribution is -2.56. The van der Waals surface area contributed by atoms with Crippen LogP contribution in [-0.4, -0.2) is 22.5 Å². The molecule has 0 spiro atoms. The van der Waals surface area contributed by atoms with E-state index in [2.05, 4.69) is 38.2 Å². The summed E-state index contributed by atoms with van der Waals surface area (Å²) in [6.45, 7) is 8.45. The van der Waals surface area contributed by atoms with Crippen LogP contribution in [-0.2, 0) is 4.79 Å². The van der Waals surface area contributed by atoms with E-state index in [-0.39, 0.29) is 23.1 Å². The van der Waals surface area contributed by atoms with Gasteiger partial charge in [-0.25, -0.2) is 0 Å². The van der Waals surface area contributed by atoms with Crippen LogP contribution in [0.4, 0.5) is 0 Å². The minimum atomic E-state index is -0.635. The number of carbonyl (C=O) groups is 1. The quantitative estimate of drug-likeness (QED) is 0.316. The van der Waals surface area contributed by atoms with Crippen molar-refractivity contribution < 1.29 is 10.0 Å². The Hall–Kier alpha value is -1.26. The number of nitrogens with zero attached hydrogens (tertiary/aromatic N) is 1. The highest BCUT2D eigenvalue weighted by Crippen LogP contribution is 2.32. The lowest BCUT2D eigenvalue weighted by atomic mass is 9.80. The summed E-state index contributed by atoms with van der Waals surface area (Å²) >= 11 is 0. The van der Waals surface area contributed by atoms with E-state index in [0.717, 1.165) is 25.7 Å². The molecule has 1 aliphatic rings. The van der Waals surface area contributed by atoms with Gasteiger partial charge in [0.15, 0.2) is 5.84 Å². The Morgan fingerprint density at radius 2 is 1.95 bits per heavy atom. The number of nitrogens with one attached hydrogen (secondary N) is 1. The number of rotatable bonds is 4. The minimum absolute atomic E-state index is 0.0177. The molecule has 1 amide bonds. The molecule has 110 valence electrons. The fraction of sp³-hybridized carbons (Fsp3) is 0.857. The fourth-order valence-corrected chi connectivity index (χ4v) is 2.42. The first-order valence-electron chi connectivity index (χ1n) is 7.00. The summed E-state index contributed by atoms with van der Waals surface area (Å²) in [6.07, 6.45) is 3.94. The van der Waals surface area contributed by atoms with Crippen molar-refractivity contribution in [3.8, 4) is 0 Å². The number of hydrogen-bond acceptors (Lipinski definition) is 3. The molecule has 0 aromatic carbocycles. The zero-order valence-electron chi connectivity index (χ0n) is 12.5. The SMILES string of the molecule is CC(CC(=O)NC1(C(N)=NO)CCCC1)C(C)(C)C. The molecule has 0 bridgehead atoms. The van der Waals surface area contributed by atoms with E-state index in [1.165, 1.54) is 0 Å². The molecule has 0 radical (unpaired) electrons. The van der Waals surface area contributed by atoms with Gasteiger partial charge in [-0.3, -0.25) is 4.79 Å². The largest absolute Gasteiger partial charge is 0.409 e. The van der Waals surface area contributed by atoms with E-state index in [9.17, 15) is 4.79 Å². The van der Waals surface area contributed by atoms with E-state index in [1.807, 2.05) is 0 Å². The lowest BCUT2D eigenvalue weighted by molar-refractivity contribution is -0.123. The molecule has 1 unspecified atom stereocenters. The van der Waals surface area contributed by atoms with E-state index in [4.69, 9.17) is 10.9 Å². The highest BCUT2D eigenvalue weighted by atomic mass is 16.4. The van der Waals surface area contributed by atoms with Gasteiger partial charge in [-0.2, -0.15) is 0 Å². The van der Waals surface area contributed by atoms with Gasteiger partial charge in [0.05, 0.1) is 0 Å². The van der Waals surface area contributed by atoms with Gasteiger partial charge in [0.1, 0.15) is 5.54 Å². The van der Waals surface area contributed by atoms with Crippen molar-refractivity contribution in [1.29, 1.82) is 0 Å². The number of amidine groups is 1. The van der Waals surface area contributed by atoms with Crippen molar-refractivity contribution in [1.82, 2.24) is 5.32 Å². The number of hydrogen-bond donors (Lipinski definition) is 3. The average molecular weight is 269 g/mol. The first-order chi connectivity index (χ1) is 8.71. The van der Waals surface area contributed by atoms with Gasteiger partial charge in [0, 0.05) is 6.42 Å². The molecular weight excluding hydrogens is 242 g/mol. The van der Waals surface area contributed by atoms with Crippen LogP contribution >= 0.6 is 0 Å².